The van der Waals surface area contributed by atoms with Gasteiger partial charge in [-0.05, 0) is 45.2 Å². The second-order valence-electron chi connectivity index (χ2n) is 13.8. The quantitative estimate of drug-likeness (QED) is 0.166. The summed E-state index contributed by atoms with van der Waals surface area (Å²) in [5.74, 6) is 1.33. The van der Waals surface area contributed by atoms with E-state index < -0.39 is 0 Å². The van der Waals surface area contributed by atoms with Crippen LogP contribution in [0.4, 0.5) is 0 Å². The lowest BCUT2D eigenvalue weighted by molar-refractivity contribution is 1.12. The first-order chi connectivity index (χ1) is 27.3. The maximum Gasteiger partial charge on any atom is 0.160 e. The summed E-state index contributed by atoms with van der Waals surface area (Å²) in [6.07, 6.45) is 0. The highest BCUT2D eigenvalue weighted by Gasteiger charge is 2.35. The molecular weight excluding hydrogens is 669 g/mol. The van der Waals surface area contributed by atoms with Crippen LogP contribution in [0, 0.1) is 5.92 Å². The number of hydrogen-bond donors (Lipinski definition) is 0. The Bertz CT molecular complexity index is 2820. The van der Waals surface area contributed by atoms with Crippen LogP contribution in [0.5, 0.6) is 0 Å². The van der Waals surface area contributed by atoms with Gasteiger partial charge >= 0.3 is 0 Å². The summed E-state index contributed by atoms with van der Waals surface area (Å²) in [5.41, 5.74) is 13.6. The molecule has 1 aromatic heterocycles. The third kappa shape index (κ3) is 6.10. The maximum absolute atomic E-state index is 5.39. The second kappa shape index (κ2) is 13.9. The van der Waals surface area contributed by atoms with Crippen LogP contribution in [-0.4, -0.2) is 21.5 Å². The van der Waals surface area contributed by atoms with Crippen LogP contribution in [0.3, 0.4) is 0 Å². The Labute approximate surface area is 319 Å². The Morgan fingerprint density at radius 3 is 1.47 bits per heavy atom. The summed E-state index contributed by atoms with van der Waals surface area (Å²) in [5, 5.41) is 2.37. The van der Waals surface area contributed by atoms with E-state index in [9.17, 15) is 0 Å². The third-order valence-corrected chi connectivity index (χ3v) is 10.4. The van der Waals surface area contributed by atoms with E-state index >= 15 is 0 Å². The molecule has 1 unspecified atom stereocenters. The maximum atomic E-state index is 5.39. The molecule has 4 heteroatoms. The summed E-state index contributed by atoms with van der Waals surface area (Å²) >= 11 is 0. The van der Waals surface area contributed by atoms with Crippen LogP contribution in [0.15, 0.2) is 210 Å². The van der Waals surface area contributed by atoms with Gasteiger partial charge in [0.05, 0.1) is 28.7 Å². The summed E-state index contributed by atoms with van der Waals surface area (Å²) in [7, 11) is 0. The lowest BCUT2D eigenvalue weighted by Crippen LogP contribution is -2.25. The van der Waals surface area contributed by atoms with Gasteiger partial charge in [0.15, 0.2) is 11.7 Å². The third-order valence-electron chi connectivity index (χ3n) is 10.4. The van der Waals surface area contributed by atoms with Crippen molar-refractivity contribution in [2.24, 2.45) is 15.9 Å². The Hall–Kier alpha value is -7.30. The first-order valence-corrected chi connectivity index (χ1v) is 18.6. The first kappa shape index (κ1) is 32.4. The van der Waals surface area contributed by atoms with Gasteiger partial charge in [0.2, 0.25) is 0 Å². The zero-order chi connectivity index (χ0) is 36.6. The van der Waals surface area contributed by atoms with E-state index in [4.69, 9.17) is 20.0 Å². The molecule has 0 saturated carbocycles. The molecule has 0 bridgehead atoms. The van der Waals surface area contributed by atoms with Crippen molar-refractivity contribution >= 4 is 22.8 Å². The van der Waals surface area contributed by atoms with Crippen LogP contribution in [0.2, 0.25) is 0 Å². The minimum atomic E-state index is -0.111. The van der Waals surface area contributed by atoms with Crippen molar-refractivity contribution in [2.75, 3.05) is 0 Å². The smallest absolute Gasteiger partial charge is 0.160 e. The molecule has 0 N–H and O–H groups in total. The van der Waals surface area contributed by atoms with Crippen molar-refractivity contribution in [1.82, 2.24) is 9.97 Å². The van der Waals surface area contributed by atoms with Gasteiger partial charge in [0.1, 0.15) is 0 Å². The summed E-state index contributed by atoms with van der Waals surface area (Å²) in [6, 6.07) is 69.7. The molecule has 1 aliphatic carbocycles. The van der Waals surface area contributed by atoms with E-state index in [1.165, 1.54) is 16.4 Å². The number of rotatable bonds is 7. The van der Waals surface area contributed by atoms with Gasteiger partial charge in [-0.15, -0.1) is 0 Å². The van der Waals surface area contributed by atoms with Gasteiger partial charge in [0.25, 0.3) is 0 Å². The highest BCUT2D eigenvalue weighted by atomic mass is 15.0. The number of amidine groups is 1. The molecule has 0 saturated heterocycles. The number of nitrogens with zero attached hydrogens (tertiary/aromatic N) is 4. The Balaban J connectivity index is 1.06. The van der Waals surface area contributed by atoms with E-state index in [2.05, 4.69) is 146 Å². The molecule has 8 aromatic rings. The van der Waals surface area contributed by atoms with Crippen molar-refractivity contribution in [3.05, 3.63) is 227 Å². The fourth-order valence-electron chi connectivity index (χ4n) is 7.74. The van der Waals surface area contributed by atoms with Gasteiger partial charge in [-0.25, -0.2) is 20.0 Å². The van der Waals surface area contributed by atoms with Crippen LogP contribution in [-0.2, 0) is 0 Å². The summed E-state index contributed by atoms with van der Waals surface area (Å²) in [6.45, 7) is 0. The largest absolute Gasteiger partial charge is 0.231 e. The lowest BCUT2D eigenvalue weighted by atomic mass is 9.84. The fourth-order valence-corrected chi connectivity index (χ4v) is 7.74. The summed E-state index contributed by atoms with van der Waals surface area (Å²) in [4.78, 5) is 20.7. The molecule has 2 aliphatic rings. The molecule has 55 heavy (non-hydrogen) atoms. The Morgan fingerprint density at radius 1 is 0.327 bits per heavy atom. The number of benzene rings is 7. The van der Waals surface area contributed by atoms with E-state index in [1.54, 1.807) is 0 Å². The van der Waals surface area contributed by atoms with Crippen LogP contribution >= 0.6 is 0 Å². The molecule has 10 rings (SSSR count). The Kier molecular flexibility index (Phi) is 8.19. The van der Waals surface area contributed by atoms with Crippen LogP contribution in [0.25, 0.3) is 56.3 Å². The average Bonchev–Trinajstić information content (AvgIpc) is 3.61. The molecular formula is C51H34N4. The highest BCUT2D eigenvalue weighted by molar-refractivity contribution is 6.23. The Morgan fingerprint density at radius 2 is 0.818 bits per heavy atom. The van der Waals surface area contributed by atoms with Crippen molar-refractivity contribution in [3.8, 4) is 45.0 Å². The highest BCUT2D eigenvalue weighted by Crippen LogP contribution is 2.38. The van der Waals surface area contributed by atoms with Gasteiger partial charge in [-0.2, -0.15) is 0 Å². The average molecular weight is 703 g/mol. The fraction of sp³-hybridized carbons (Fsp3) is 0.0196. The zero-order valence-electron chi connectivity index (χ0n) is 29.9. The molecule has 0 fully saturated rings. The van der Waals surface area contributed by atoms with Crippen molar-refractivity contribution in [1.29, 1.82) is 0 Å². The number of aliphatic imine (C=N–C) groups is 2. The molecule has 2 heterocycles. The first-order valence-electron chi connectivity index (χ1n) is 18.6. The molecule has 1 aliphatic heterocycles. The van der Waals surface area contributed by atoms with Crippen molar-refractivity contribution in [2.45, 2.75) is 0 Å². The summed E-state index contributed by atoms with van der Waals surface area (Å²) < 4.78 is 0. The number of hydrogen-bond acceptors (Lipinski definition) is 4. The van der Waals surface area contributed by atoms with Crippen molar-refractivity contribution in [3.63, 3.8) is 0 Å². The molecule has 7 aromatic carbocycles. The van der Waals surface area contributed by atoms with E-state index in [0.717, 1.165) is 72.8 Å². The number of fused-ring (bicyclic) bond motifs is 2. The molecule has 258 valence electrons. The normalized spacial score (nSPS) is 14.5. The van der Waals surface area contributed by atoms with E-state index in [0.29, 0.717) is 5.82 Å². The van der Waals surface area contributed by atoms with Crippen LogP contribution in [0.1, 0.15) is 16.7 Å². The van der Waals surface area contributed by atoms with E-state index in [1.807, 2.05) is 54.6 Å². The van der Waals surface area contributed by atoms with E-state index in [-0.39, 0.29) is 5.92 Å². The second-order valence-corrected chi connectivity index (χ2v) is 13.8. The molecule has 0 spiro atoms. The number of aromatic nitrogens is 2. The van der Waals surface area contributed by atoms with Gasteiger partial charge < -0.3 is 0 Å². The SMILES string of the molecule is c1ccc(C2=NC3=c4ccccc4=C(c4ccccc4)C3C(c3cccc(-c4ccc(-c5cc(-c6ccccc6)nc(-c6ccccc6)n5)cc4)c3)=N2)cc1. The molecule has 1 atom stereocenters. The topological polar surface area (TPSA) is 50.5 Å². The monoisotopic (exact) mass is 702 g/mol. The van der Waals surface area contributed by atoms with Gasteiger partial charge in [0, 0.05) is 27.5 Å². The standard InChI is InChI=1S/C51H34N4/c1-5-16-35(17-6-1)44-33-45(53-50(52-44)38-20-9-3-10-21-38)36-30-28-34(29-31-36)40-24-15-25-41(32-40)48-47-46(37-18-7-2-8-19-37)42-26-13-14-27-43(42)49(47)55-51(54-48)39-22-11-4-12-23-39/h1-33,47H. The molecule has 0 radical (unpaired) electrons. The predicted octanol–water partition coefficient (Wildman–Crippen LogP) is 10.0. The van der Waals surface area contributed by atoms with Crippen molar-refractivity contribution < 1.29 is 0 Å². The minimum absolute atomic E-state index is 0.111. The lowest BCUT2D eigenvalue weighted by Gasteiger charge is -2.25. The van der Waals surface area contributed by atoms with Crippen LogP contribution < -0.4 is 10.4 Å². The predicted molar refractivity (Wildman–Crippen MR) is 225 cm³/mol. The zero-order valence-corrected chi connectivity index (χ0v) is 29.9. The van der Waals surface area contributed by atoms with Gasteiger partial charge in [-0.3, -0.25) is 0 Å². The van der Waals surface area contributed by atoms with Gasteiger partial charge in [-0.1, -0.05) is 188 Å². The molecule has 4 nitrogen and oxygen atoms in total. The minimum Gasteiger partial charge on any atom is -0.231 e. The molecule has 0 amide bonds.